The lowest BCUT2D eigenvalue weighted by Crippen LogP contribution is -2.33. The molecule has 6 nitrogen and oxygen atoms in total. The van der Waals surface area contributed by atoms with Gasteiger partial charge in [-0.15, -0.1) is 0 Å². The molecule has 0 spiro atoms. The van der Waals surface area contributed by atoms with Gasteiger partial charge in [0, 0.05) is 23.1 Å². The van der Waals surface area contributed by atoms with E-state index in [2.05, 4.69) is 15.6 Å². The van der Waals surface area contributed by atoms with Crippen molar-refractivity contribution in [3.63, 3.8) is 0 Å². The number of hydrogen-bond donors (Lipinski definition) is 2. The van der Waals surface area contributed by atoms with E-state index in [1.54, 1.807) is 30.5 Å². The van der Waals surface area contributed by atoms with Crippen LogP contribution < -0.4 is 10.6 Å². The Morgan fingerprint density at radius 1 is 1.11 bits per heavy atom. The molecule has 0 aliphatic rings. The Bertz CT molecular complexity index is 972. The van der Waals surface area contributed by atoms with Gasteiger partial charge in [0.25, 0.3) is 0 Å². The number of benzene rings is 2. The highest BCUT2D eigenvalue weighted by Crippen LogP contribution is 2.22. The summed E-state index contributed by atoms with van der Waals surface area (Å²) >= 11 is 7.12. The molecular weight excluding hydrogens is 396 g/mol. The lowest BCUT2D eigenvalue weighted by atomic mass is 10.2. The minimum atomic E-state index is -0.304. The zero-order valence-electron chi connectivity index (χ0n) is 15.2. The van der Waals surface area contributed by atoms with Crippen LogP contribution in [0.25, 0.3) is 5.69 Å². The smallest absolute Gasteiger partial charge is 0.243 e. The molecule has 0 saturated heterocycles. The molecule has 3 aromatic rings. The van der Waals surface area contributed by atoms with Gasteiger partial charge in [-0.25, -0.2) is 4.98 Å². The molecule has 0 saturated carbocycles. The summed E-state index contributed by atoms with van der Waals surface area (Å²) in [5, 5.41) is 6.62. The summed E-state index contributed by atoms with van der Waals surface area (Å²) in [5.74, 6) is -0.380. The number of thioether (sulfide) groups is 1. The van der Waals surface area contributed by atoms with Crippen molar-refractivity contribution in [2.24, 2.45) is 0 Å². The van der Waals surface area contributed by atoms with Gasteiger partial charge in [-0.2, -0.15) is 0 Å². The number of nitrogens with one attached hydrogen (secondary N) is 2. The van der Waals surface area contributed by atoms with Gasteiger partial charge < -0.3 is 10.6 Å². The molecule has 144 valence electrons. The molecule has 2 N–H and O–H groups in total. The van der Waals surface area contributed by atoms with Gasteiger partial charge in [0.1, 0.15) is 0 Å². The number of hydrogen-bond acceptors (Lipinski definition) is 4. The number of aromatic nitrogens is 2. The maximum absolute atomic E-state index is 12.1. The number of carbonyl (C=O) groups excluding carboxylic acids is 2. The van der Waals surface area contributed by atoms with Crippen molar-refractivity contribution in [1.82, 2.24) is 14.9 Å². The molecule has 3 rings (SSSR count). The minimum absolute atomic E-state index is 0.103. The number of anilines is 1. The molecule has 1 heterocycles. The summed E-state index contributed by atoms with van der Waals surface area (Å²) in [7, 11) is 0. The Balaban J connectivity index is 1.49. The largest absolute Gasteiger partial charge is 0.346 e. The van der Waals surface area contributed by atoms with E-state index in [9.17, 15) is 9.59 Å². The van der Waals surface area contributed by atoms with Gasteiger partial charge in [-0.1, -0.05) is 41.6 Å². The second kappa shape index (κ2) is 9.43. The molecule has 0 aliphatic heterocycles. The monoisotopic (exact) mass is 414 g/mol. The maximum atomic E-state index is 12.1. The van der Waals surface area contributed by atoms with Crippen molar-refractivity contribution in [2.45, 2.75) is 12.1 Å². The van der Waals surface area contributed by atoms with Crippen LogP contribution in [0.1, 0.15) is 5.56 Å². The van der Waals surface area contributed by atoms with Gasteiger partial charge in [-0.3, -0.25) is 14.2 Å². The van der Waals surface area contributed by atoms with Gasteiger partial charge in [0.05, 0.1) is 18.0 Å². The molecule has 0 aliphatic carbocycles. The SMILES string of the molecule is Cc1ccccc1-n1ccnc1SCC(=O)NCC(=O)Nc1ccc(Cl)cc1. The maximum Gasteiger partial charge on any atom is 0.243 e. The molecular formula is C20H19ClN4O2S. The number of carbonyl (C=O) groups is 2. The summed E-state index contributed by atoms with van der Waals surface area (Å²) in [5.41, 5.74) is 2.76. The standard InChI is InChI=1S/C20H19ClN4O2S/c1-14-4-2-3-5-17(14)25-11-10-22-20(25)28-13-19(27)23-12-18(26)24-16-8-6-15(21)7-9-16/h2-11H,12-13H2,1H3,(H,23,27)(H,24,26). The van der Waals surface area contributed by atoms with Crippen molar-refractivity contribution >= 4 is 40.9 Å². The molecule has 2 amide bonds. The zero-order valence-corrected chi connectivity index (χ0v) is 16.8. The number of amides is 2. The molecule has 2 aromatic carbocycles. The molecule has 0 radical (unpaired) electrons. The lowest BCUT2D eigenvalue weighted by Gasteiger charge is -2.10. The predicted octanol–water partition coefficient (Wildman–Crippen LogP) is 3.68. The van der Waals surface area contributed by atoms with Crippen LogP contribution >= 0.6 is 23.4 Å². The fraction of sp³-hybridized carbons (Fsp3) is 0.150. The molecule has 1 aromatic heterocycles. The molecule has 0 fully saturated rings. The average Bonchev–Trinajstić information content (AvgIpc) is 3.15. The first-order valence-corrected chi connectivity index (χ1v) is 9.93. The Morgan fingerprint density at radius 2 is 1.86 bits per heavy atom. The van der Waals surface area contributed by atoms with Crippen LogP contribution in [-0.2, 0) is 9.59 Å². The average molecular weight is 415 g/mol. The first kappa shape index (κ1) is 20.0. The third-order valence-electron chi connectivity index (χ3n) is 3.89. The topological polar surface area (TPSA) is 76.0 Å². The van der Waals surface area contributed by atoms with E-state index in [0.29, 0.717) is 10.7 Å². The highest BCUT2D eigenvalue weighted by molar-refractivity contribution is 7.99. The normalized spacial score (nSPS) is 10.5. The quantitative estimate of drug-likeness (QED) is 0.578. The van der Waals surface area contributed by atoms with Crippen molar-refractivity contribution in [3.8, 4) is 5.69 Å². The summed E-state index contributed by atoms with van der Waals surface area (Å²) < 4.78 is 1.94. The Kier molecular flexibility index (Phi) is 6.73. The van der Waals surface area contributed by atoms with Crippen LogP contribution in [0.2, 0.25) is 5.02 Å². The molecule has 0 atom stereocenters. The van der Waals surface area contributed by atoms with Gasteiger partial charge >= 0.3 is 0 Å². The van der Waals surface area contributed by atoms with E-state index >= 15 is 0 Å². The van der Waals surface area contributed by atoms with Crippen molar-refractivity contribution in [3.05, 3.63) is 71.5 Å². The number of imidazole rings is 1. The van der Waals surface area contributed by atoms with Crippen LogP contribution in [0.3, 0.4) is 0 Å². The van der Waals surface area contributed by atoms with Crippen LogP contribution in [0.4, 0.5) is 5.69 Å². The van der Waals surface area contributed by atoms with E-state index in [4.69, 9.17) is 11.6 Å². The van der Waals surface area contributed by atoms with E-state index < -0.39 is 0 Å². The van der Waals surface area contributed by atoms with Gasteiger partial charge in [-0.05, 0) is 42.8 Å². The predicted molar refractivity (Wildman–Crippen MR) is 112 cm³/mol. The van der Waals surface area contributed by atoms with Gasteiger partial charge in [0.15, 0.2) is 5.16 Å². The molecule has 0 bridgehead atoms. The Labute approximate surface area is 172 Å². The fourth-order valence-electron chi connectivity index (χ4n) is 2.51. The second-order valence-electron chi connectivity index (χ2n) is 5.99. The van der Waals surface area contributed by atoms with Crippen molar-refractivity contribution in [2.75, 3.05) is 17.6 Å². The molecule has 8 heteroatoms. The fourth-order valence-corrected chi connectivity index (χ4v) is 3.43. The Hall–Kier alpha value is -2.77. The van der Waals surface area contributed by atoms with Gasteiger partial charge in [0.2, 0.25) is 11.8 Å². The highest BCUT2D eigenvalue weighted by atomic mass is 35.5. The third kappa shape index (κ3) is 5.37. The summed E-state index contributed by atoms with van der Waals surface area (Å²) in [4.78, 5) is 28.3. The summed E-state index contributed by atoms with van der Waals surface area (Å²) in [6, 6.07) is 14.7. The zero-order chi connectivity index (χ0) is 19.9. The number of para-hydroxylation sites is 1. The summed E-state index contributed by atoms with van der Waals surface area (Å²) in [6.07, 6.45) is 3.56. The number of nitrogens with zero attached hydrogens (tertiary/aromatic N) is 2. The van der Waals surface area contributed by atoms with Crippen molar-refractivity contribution in [1.29, 1.82) is 0 Å². The molecule has 28 heavy (non-hydrogen) atoms. The van der Waals surface area contributed by atoms with Crippen LogP contribution in [0, 0.1) is 6.92 Å². The summed E-state index contributed by atoms with van der Waals surface area (Å²) in [6.45, 7) is 1.92. The molecule has 0 unspecified atom stereocenters. The van der Waals surface area contributed by atoms with Crippen LogP contribution in [0.15, 0.2) is 66.1 Å². The van der Waals surface area contributed by atoms with Crippen molar-refractivity contribution < 1.29 is 9.59 Å². The Morgan fingerprint density at radius 3 is 2.61 bits per heavy atom. The van der Waals surface area contributed by atoms with E-state index in [-0.39, 0.29) is 24.1 Å². The first-order valence-electron chi connectivity index (χ1n) is 8.57. The van der Waals surface area contributed by atoms with Crippen LogP contribution in [-0.4, -0.2) is 33.7 Å². The van der Waals surface area contributed by atoms with E-state index in [0.717, 1.165) is 16.4 Å². The third-order valence-corrected chi connectivity index (χ3v) is 5.11. The highest BCUT2D eigenvalue weighted by Gasteiger charge is 2.11. The van der Waals surface area contributed by atoms with Crippen LogP contribution in [0.5, 0.6) is 0 Å². The number of halogens is 1. The van der Waals surface area contributed by atoms with E-state index in [1.165, 1.54) is 11.8 Å². The van der Waals surface area contributed by atoms with E-state index in [1.807, 2.05) is 42.0 Å². The number of aryl methyl sites for hydroxylation is 1. The minimum Gasteiger partial charge on any atom is -0.346 e. The first-order chi connectivity index (χ1) is 13.5. The lowest BCUT2D eigenvalue weighted by molar-refractivity contribution is -0.122. The second-order valence-corrected chi connectivity index (χ2v) is 7.37. The number of rotatable bonds is 7.